The molecule has 1 saturated heterocycles. The van der Waals surface area contributed by atoms with E-state index in [0.29, 0.717) is 0 Å². The highest BCUT2D eigenvalue weighted by molar-refractivity contribution is 5.82. The average Bonchev–Trinajstić information content (AvgIpc) is 3.23. The Labute approximate surface area is 183 Å². The minimum Gasteiger partial charge on any atom is -0.372 e. The van der Waals surface area contributed by atoms with Crippen molar-refractivity contribution in [3.63, 3.8) is 0 Å². The fourth-order valence-corrected chi connectivity index (χ4v) is 4.16. The summed E-state index contributed by atoms with van der Waals surface area (Å²) in [6.07, 6.45) is 9.48. The molecule has 0 bridgehead atoms. The summed E-state index contributed by atoms with van der Waals surface area (Å²) in [5.41, 5.74) is 5.82. The molecule has 0 saturated carbocycles. The number of allylic oxidation sites excluding steroid dienone is 3. The van der Waals surface area contributed by atoms with Gasteiger partial charge in [-0.15, -0.1) is 0 Å². The number of nitrogens with zero attached hydrogens (tertiary/aromatic N) is 5. The van der Waals surface area contributed by atoms with Gasteiger partial charge in [0.15, 0.2) is 0 Å². The summed E-state index contributed by atoms with van der Waals surface area (Å²) in [4.78, 5) is 25.6. The van der Waals surface area contributed by atoms with E-state index in [9.17, 15) is 4.79 Å². The first kappa shape index (κ1) is 20.9. The van der Waals surface area contributed by atoms with Gasteiger partial charge in [0.1, 0.15) is 11.6 Å². The quantitative estimate of drug-likeness (QED) is 0.629. The molecule has 0 atom stereocenters. The highest BCUT2D eigenvalue weighted by Crippen LogP contribution is 2.32. The van der Waals surface area contributed by atoms with Crippen molar-refractivity contribution in [3.8, 4) is 0 Å². The average molecular weight is 423 g/mol. The molecular formula is C22H30N8O. The van der Waals surface area contributed by atoms with E-state index < -0.39 is 0 Å². The van der Waals surface area contributed by atoms with Crippen molar-refractivity contribution in [1.29, 1.82) is 0 Å². The smallest absolute Gasteiger partial charge is 0.215 e. The zero-order chi connectivity index (χ0) is 21.8. The summed E-state index contributed by atoms with van der Waals surface area (Å²) in [7, 11) is 1.86. The Morgan fingerprint density at radius 2 is 1.97 bits per heavy atom. The summed E-state index contributed by atoms with van der Waals surface area (Å²) in [5.74, 6) is 1.71. The van der Waals surface area contributed by atoms with Crippen LogP contribution in [0.5, 0.6) is 0 Å². The molecule has 9 heteroatoms. The fraction of sp³-hybridized carbons (Fsp3) is 0.409. The van der Waals surface area contributed by atoms with Gasteiger partial charge in [-0.1, -0.05) is 0 Å². The van der Waals surface area contributed by atoms with Gasteiger partial charge in [-0.25, -0.2) is 9.98 Å². The lowest BCUT2D eigenvalue weighted by molar-refractivity contribution is -0.107. The fourth-order valence-electron chi connectivity index (χ4n) is 4.16. The van der Waals surface area contributed by atoms with Crippen LogP contribution >= 0.6 is 0 Å². The molecule has 0 aliphatic carbocycles. The molecule has 4 aliphatic heterocycles. The Kier molecular flexibility index (Phi) is 6.22. The van der Waals surface area contributed by atoms with Gasteiger partial charge in [0.2, 0.25) is 6.41 Å². The standard InChI is InChI=1S/C12H16N4O.C10H14N4/c17-9-16-6-2-10-11(1-3-14-12(10)16)15-7-4-13-5-8-15;1-7-5-14-6-10(11-3)12-4-9(14)8(2)13-7/h1,3,9,13H,2,4-8H2;4-6,11,13H,1-3H3. The molecule has 9 nitrogen and oxygen atoms in total. The van der Waals surface area contributed by atoms with Crippen LogP contribution in [0.2, 0.25) is 0 Å². The number of fused-ring (bicyclic) bond motifs is 2. The van der Waals surface area contributed by atoms with E-state index in [1.165, 1.54) is 11.3 Å². The first-order valence-corrected chi connectivity index (χ1v) is 10.6. The Bertz CT molecular complexity index is 958. The molecule has 0 unspecified atom stereocenters. The van der Waals surface area contributed by atoms with Crippen molar-refractivity contribution >= 4 is 24.1 Å². The van der Waals surface area contributed by atoms with E-state index in [-0.39, 0.29) is 0 Å². The van der Waals surface area contributed by atoms with Crippen LogP contribution in [0.1, 0.15) is 19.4 Å². The van der Waals surface area contributed by atoms with Gasteiger partial charge >= 0.3 is 0 Å². The van der Waals surface area contributed by atoms with Crippen LogP contribution in [0.15, 0.2) is 52.6 Å². The van der Waals surface area contributed by atoms with Gasteiger partial charge in [0.25, 0.3) is 0 Å². The van der Waals surface area contributed by atoms with Crippen molar-refractivity contribution in [1.82, 2.24) is 25.8 Å². The van der Waals surface area contributed by atoms with Crippen LogP contribution in [0, 0.1) is 0 Å². The zero-order valence-electron chi connectivity index (χ0n) is 18.4. The molecule has 1 fully saturated rings. The number of nitrogens with one attached hydrogen (secondary N) is 3. The predicted octanol–water partition coefficient (Wildman–Crippen LogP) is 1.10. The van der Waals surface area contributed by atoms with Crippen molar-refractivity contribution in [3.05, 3.63) is 53.1 Å². The van der Waals surface area contributed by atoms with E-state index >= 15 is 0 Å². The van der Waals surface area contributed by atoms with E-state index in [2.05, 4.69) is 41.8 Å². The zero-order valence-corrected chi connectivity index (χ0v) is 18.4. The molecule has 1 amide bonds. The second kappa shape index (κ2) is 9.22. The predicted molar refractivity (Wildman–Crippen MR) is 124 cm³/mol. The first-order chi connectivity index (χ1) is 15.1. The van der Waals surface area contributed by atoms with E-state index in [1.807, 2.05) is 39.5 Å². The number of anilines is 2. The molecule has 31 heavy (non-hydrogen) atoms. The van der Waals surface area contributed by atoms with Gasteiger partial charge in [0.05, 0.1) is 18.1 Å². The minimum atomic E-state index is 0.759. The summed E-state index contributed by atoms with van der Waals surface area (Å²) in [6.45, 7) is 8.94. The maximum Gasteiger partial charge on any atom is 0.215 e. The summed E-state index contributed by atoms with van der Waals surface area (Å²) < 4.78 is 0. The number of piperazine rings is 1. The molecule has 3 N–H and O–H groups in total. The molecule has 0 radical (unpaired) electrons. The van der Waals surface area contributed by atoms with Gasteiger partial charge < -0.3 is 25.8 Å². The van der Waals surface area contributed by atoms with Gasteiger partial charge in [-0.3, -0.25) is 9.69 Å². The van der Waals surface area contributed by atoms with Crippen LogP contribution in [0.3, 0.4) is 0 Å². The van der Waals surface area contributed by atoms with E-state index in [4.69, 9.17) is 0 Å². The van der Waals surface area contributed by atoms with Crippen LogP contribution < -0.4 is 25.8 Å². The molecule has 5 rings (SSSR count). The largest absolute Gasteiger partial charge is 0.372 e. The normalized spacial score (nSPS) is 19.5. The minimum absolute atomic E-state index is 0.759. The number of rotatable bonds is 3. The SMILES string of the molecule is CNC1=CN2C=C(C)NC(C)=C2C=N1.O=CN1CCc2c(N3CCNCC3)ccnc21. The van der Waals surface area contributed by atoms with Gasteiger partial charge in [0, 0.05) is 74.8 Å². The van der Waals surface area contributed by atoms with Gasteiger partial charge in [-0.05, 0) is 26.3 Å². The second-order valence-corrected chi connectivity index (χ2v) is 7.80. The number of aliphatic imine (C=N–C) groups is 1. The Morgan fingerprint density at radius 3 is 2.71 bits per heavy atom. The molecule has 0 aromatic carbocycles. The third-order valence-electron chi connectivity index (χ3n) is 5.69. The third kappa shape index (κ3) is 4.41. The van der Waals surface area contributed by atoms with Crippen molar-refractivity contribution in [2.24, 2.45) is 4.99 Å². The van der Waals surface area contributed by atoms with E-state index in [0.717, 1.165) is 74.3 Å². The number of hydrogen-bond acceptors (Lipinski definition) is 8. The first-order valence-electron chi connectivity index (χ1n) is 10.6. The Hall–Kier alpha value is -3.33. The summed E-state index contributed by atoms with van der Waals surface area (Å²) >= 11 is 0. The lowest BCUT2D eigenvalue weighted by Gasteiger charge is -2.30. The number of pyridine rings is 1. The Balaban J connectivity index is 0.000000152. The highest BCUT2D eigenvalue weighted by Gasteiger charge is 2.25. The molecule has 1 aromatic heterocycles. The second-order valence-electron chi connectivity index (χ2n) is 7.80. The van der Waals surface area contributed by atoms with Crippen molar-refractivity contribution in [2.75, 3.05) is 49.6 Å². The highest BCUT2D eigenvalue weighted by atomic mass is 16.1. The number of carbonyl (C=O) groups excluding carboxylic acids is 1. The van der Waals surface area contributed by atoms with Crippen molar-refractivity contribution < 1.29 is 4.79 Å². The number of aromatic nitrogens is 1. The van der Waals surface area contributed by atoms with Crippen LogP contribution in [0.25, 0.3) is 0 Å². The molecular weight excluding hydrogens is 392 g/mol. The number of carbonyl (C=O) groups is 1. The third-order valence-corrected chi connectivity index (χ3v) is 5.69. The topological polar surface area (TPSA) is 88.1 Å². The van der Waals surface area contributed by atoms with E-state index in [1.54, 1.807) is 11.1 Å². The van der Waals surface area contributed by atoms with Crippen molar-refractivity contribution in [2.45, 2.75) is 20.3 Å². The molecule has 0 spiro atoms. The van der Waals surface area contributed by atoms with Crippen LogP contribution in [-0.4, -0.2) is 62.3 Å². The lowest BCUT2D eigenvalue weighted by atomic mass is 10.1. The number of hydrogen-bond donors (Lipinski definition) is 3. The van der Waals surface area contributed by atoms with Crippen LogP contribution in [0.4, 0.5) is 11.5 Å². The monoisotopic (exact) mass is 422 g/mol. The maximum atomic E-state index is 10.9. The van der Waals surface area contributed by atoms with Crippen LogP contribution in [-0.2, 0) is 11.2 Å². The molecule has 4 aliphatic rings. The summed E-state index contributed by atoms with van der Waals surface area (Å²) in [5, 5.41) is 9.63. The number of amides is 1. The molecule has 164 valence electrons. The molecule has 5 heterocycles. The Morgan fingerprint density at radius 1 is 1.16 bits per heavy atom. The lowest BCUT2D eigenvalue weighted by Crippen LogP contribution is -2.43. The summed E-state index contributed by atoms with van der Waals surface area (Å²) in [6, 6.07) is 2.07. The molecule has 1 aromatic rings. The maximum absolute atomic E-state index is 10.9. The van der Waals surface area contributed by atoms with Gasteiger partial charge in [-0.2, -0.15) is 0 Å².